The molecule has 0 heterocycles. The average Bonchev–Trinajstić information content (AvgIpc) is 2.25. The van der Waals surface area contributed by atoms with Crippen molar-refractivity contribution in [2.24, 2.45) is 0 Å². The zero-order valence-corrected chi connectivity index (χ0v) is 10.8. The lowest BCUT2D eigenvalue weighted by atomic mass is 10.1. The monoisotopic (exact) mass is 242 g/mol. The van der Waals surface area contributed by atoms with Crippen LogP contribution in [0.1, 0.15) is 26.3 Å². The molecule has 1 aromatic rings. The van der Waals surface area contributed by atoms with Crippen molar-refractivity contribution < 1.29 is 8.78 Å². The Hall–Kier alpha value is -1.16. The molecule has 0 radical (unpaired) electrons. The highest BCUT2D eigenvalue weighted by atomic mass is 19.1. The van der Waals surface area contributed by atoms with E-state index >= 15 is 0 Å². The van der Waals surface area contributed by atoms with E-state index in [1.54, 1.807) is 11.9 Å². The summed E-state index contributed by atoms with van der Waals surface area (Å²) in [6, 6.07) is 3.07. The summed E-state index contributed by atoms with van der Waals surface area (Å²) in [4.78, 5) is 1.56. The highest BCUT2D eigenvalue weighted by molar-refractivity contribution is 5.49. The molecule has 0 aliphatic carbocycles. The quantitative estimate of drug-likeness (QED) is 0.854. The lowest BCUT2D eigenvalue weighted by molar-refractivity contribution is 0.558. The molecule has 0 atom stereocenters. The number of nitrogens with one attached hydrogen (secondary N) is 1. The third-order valence-corrected chi connectivity index (χ3v) is 2.65. The summed E-state index contributed by atoms with van der Waals surface area (Å²) in [6.07, 6.45) is 0. The molecule has 1 N–H and O–H groups in total. The van der Waals surface area contributed by atoms with E-state index in [1.165, 1.54) is 12.1 Å². The Morgan fingerprint density at radius 2 is 1.76 bits per heavy atom. The van der Waals surface area contributed by atoms with Crippen molar-refractivity contribution in [2.45, 2.75) is 33.4 Å². The molecule has 0 spiro atoms. The molecule has 17 heavy (non-hydrogen) atoms. The molecule has 0 saturated heterocycles. The maximum Gasteiger partial charge on any atom is 0.149 e. The maximum absolute atomic E-state index is 13.8. The highest BCUT2D eigenvalue weighted by Crippen LogP contribution is 2.23. The summed E-state index contributed by atoms with van der Waals surface area (Å²) in [5.74, 6) is -1.01. The molecular formula is C13H20F2N2. The average molecular weight is 242 g/mol. The smallest absolute Gasteiger partial charge is 0.149 e. The lowest BCUT2D eigenvalue weighted by Crippen LogP contribution is -2.23. The van der Waals surface area contributed by atoms with Crippen LogP contribution in [0.2, 0.25) is 0 Å². The largest absolute Gasteiger partial charge is 0.370 e. The standard InChI is InChI=1S/C13H20F2N2/c1-5-17(4)13-11(14)6-10(7-12(13)15)8-16-9(2)3/h6-7,9,16H,5,8H2,1-4H3. The van der Waals surface area contributed by atoms with Crippen molar-refractivity contribution in [3.63, 3.8) is 0 Å². The Balaban J connectivity index is 2.93. The van der Waals surface area contributed by atoms with Crippen LogP contribution in [-0.4, -0.2) is 19.6 Å². The van der Waals surface area contributed by atoms with Gasteiger partial charge in [0.2, 0.25) is 0 Å². The van der Waals surface area contributed by atoms with Crippen molar-refractivity contribution in [3.8, 4) is 0 Å². The molecule has 96 valence electrons. The van der Waals surface area contributed by atoms with Crippen LogP contribution in [0.25, 0.3) is 0 Å². The summed E-state index contributed by atoms with van der Waals surface area (Å²) in [7, 11) is 1.67. The van der Waals surface area contributed by atoms with Gasteiger partial charge in [0.1, 0.15) is 17.3 Å². The number of rotatable bonds is 5. The van der Waals surface area contributed by atoms with Crippen molar-refractivity contribution in [1.82, 2.24) is 5.32 Å². The van der Waals surface area contributed by atoms with Gasteiger partial charge in [0.25, 0.3) is 0 Å². The first-order valence-electron chi connectivity index (χ1n) is 5.88. The van der Waals surface area contributed by atoms with Gasteiger partial charge in [-0.05, 0) is 24.6 Å². The second-order valence-corrected chi connectivity index (χ2v) is 4.46. The van der Waals surface area contributed by atoms with E-state index in [2.05, 4.69) is 5.32 Å². The topological polar surface area (TPSA) is 15.3 Å². The van der Waals surface area contributed by atoms with E-state index < -0.39 is 11.6 Å². The number of hydrogen-bond acceptors (Lipinski definition) is 2. The van der Waals surface area contributed by atoms with E-state index in [9.17, 15) is 8.78 Å². The third kappa shape index (κ3) is 3.66. The summed E-state index contributed by atoms with van der Waals surface area (Å²) >= 11 is 0. The first-order valence-corrected chi connectivity index (χ1v) is 5.88. The minimum atomic E-state index is -0.505. The molecule has 0 aliphatic rings. The fourth-order valence-corrected chi connectivity index (χ4v) is 1.56. The van der Waals surface area contributed by atoms with Gasteiger partial charge in [-0.3, -0.25) is 0 Å². The molecule has 0 bridgehead atoms. The Morgan fingerprint density at radius 1 is 1.24 bits per heavy atom. The highest BCUT2D eigenvalue weighted by Gasteiger charge is 2.14. The van der Waals surface area contributed by atoms with Crippen LogP contribution in [-0.2, 0) is 6.54 Å². The molecule has 0 unspecified atom stereocenters. The predicted molar refractivity (Wildman–Crippen MR) is 67.3 cm³/mol. The van der Waals surface area contributed by atoms with Crippen molar-refractivity contribution in [1.29, 1.82) is 0 Å². The Morgan fingerprint density at radius 3 is 2.18 bits per heavy atom. The Kier molecular flexibility index (Phi) is 4.87. The SMILES string of the molecule is CCN(C)c1c(F)cc(CNC(C)C)cc1F. The van der Waals surface area contributed by atoms with Crippen molar-refractivity contribution in [2.75, 3.05) is 18.5 Å². The van der Waals surface area contributed by atoms with E-state index in [0.29, 0.717) is 24.7 Å². The molecule has 0 aliphatic heterocycles. The van der Waals surface area contributed by atoms with E-state index in [4.69, 9.17) is 0 Å². The van der Waals surface area contributed by atoms with E-state index in [-0.39, 0.29) is 5.69 Å². The third-order valence-electron chi connectivity index (χ3n) is 2.65. The van der Waals surface area contributed by atoms with Crippen LogP contribution in [0.4, 0.5) is 14.5 Å². The Labute approximate surface area is 102 Å². The van der Waals surface area contributed by atoms with Gasteiger partial charge in [-0.2, -0.15) is 0 Å². The van der Waals surface area contributed by atoms with Gasteiger partial charge < -0.3 is 10.2 Å². The van der Waals surface area contributed by atoms with Crippen molar-refractivity contribution >= 4 is 5.69 Å². The number of hydrogen-bond donors (Lipinski definition) is 1. The zero-order chi connectivity index (χ0) is 13.0. The first kappa shape index (κ1) is 13.9. The van der Waals surface area contributed by atoms with Crippen LogP contribution in [0, 0.1) is 11.6 Å². The van der Waals surface area contributed by atoms with Crippen LogP contribution in [0.15, 0.2) is 12.1 Å². The second-order valence-electron chi connectivity index (χ2n) is 4.46. The van der Waals surface area contributed by atoms with Crippen molar-refractivity contribution in [3.05, 3.63) is 29.3 Å². The normalized spacial score (nSPS) is 11.0. The number of halogens is 2. The van der Waals surface area contributed by atoms with E-state index in [0.717, 1.165) is 0 Å². The molecule has 4 heteroatoms. The van der Waals surface area contributed by atoms with Crippen LogP contribution in [0.5, 0.6) is 0 Å². The molecule has 1 rings (SSSR count). The van der Waals surface area contributed by atoms with E-state index in [1.807, 2.05) is 20.8 Å². The minimum absolute atomic E-state index is 0.0424. The molecule has 0 saturated carbocycles. The maximum atomic E-state index is 13.8. The summed E-state index contributed by atoms with van der Waals surface area (Å²) < 4.78 is 27.5. The molecule has 0 aromatic heterocycles. The second kappa shape index (κ2) is 5.96. The Bertz CT molecular complexity index is 355. The minimum Gasteiger partial charge on any atom is -0.370 e. The van der Waals surface area contributed by atoms with Crippen LogP contribution < -0.4 is 10.2 Å². The van der Waals surface area contributed by atoms with Gasteiger partial charge >= 0.3 is 0 Å². The molecule has 0 fully saturated rings. The summed E-state index contributed by atoms with van der Waals surface area (Å²) in [5.41, 5.74) is 0.669. The lowest BCUT2D eigenvalue weighted by Gasteiger charge is -2.19. The van der Waals surface area contributed by atoms with Gasteiger partial charge in [-0.25, -0.2) is 8.78 Å². The fourth-order valence-electron chi connectivity index (χ4n) is 1.56. The number of benzene rings is 1. The molecular weight excluding hydrogens is 222 g/mol. The van der Waals surface area contributed by atoms with Gasteiger partial charge in [0.05, 0.1) is 0 Å². The van der Waals surface area contributed by atoms with Crippen LogP contribution >= 0.6 is 0 Å². The summed E-state index contributed by atoms with van der Waals surface area (Å²) in [5, 5.41) is 3.13. The molecule has 0 amide bonds. The molecule has 2 nitrogen and oxygen atoms in total. The molecule has 1 aromatic carbocycles. The van der Waals surface area contributed by atoms with Gasteiger partial charge in [0, 0.05) is 26.2 Å². The zero-order valence-electron chi connectivity index (χ0n) is 10.8. The van der Waals surface area contributed by atoms with Gasteiger partial charge in [0.15, 0.2) is 0 Å². The van der Waals surface area contributed by atoms with Gasteiger partial charge in [-0.1, -0.05) is 13.8 Å². The predicted octanol–water partition coefficient (Wildman–Crippen LogP) is 2.92. The van der Waals surface area contributed by atoms with Crippen LogP contribution in [0.3, 0.4) is 0 Å². The van der Waals surface area contributed by atoms with Gasteiger partial charge in [-0.15, -0.1) is 0 Å². The first-order chi connectivity index (χ1) is 7.95. The fraction of sp³-hybridized carbons (Fsp3) is 0.538. The number of anilines is 1. The summed E-state index contributed by atoms with van der Waals surface area (Å²) in [6.45, 7) is 6.88. The number of nitrogens with zero attached hydrogens (tertiary/aromatic N) is 1.